The van der Waals surface area contributed by atoms with Crippen LogP contribution >= 0.6 is 11.6 Å². The van der Waals surface area contributed by atoms with Crippen LogP contribution in [-0.4, -0.2) is 69.4 Å². The summed E-state index contributed by atoms with van der Waals surface area (Å²) in [6.07, 6.45) is 6.61. The van der Waals surface area contributed by atoms with Crippen LogP contribution in [0, 0.1) is 34.5 Å². The second-order valence-electron chi connectivity index (χ2n) is 17.9. The van der Waals surface area contributed by atoms with Gasteiger partial charge in [-0.3, -0.25) is 19.4 Å². The van der Waals surface area contributed by atoms with Crippen LogP contribution in [-0.2, 0) is 28.6 Å². The molecule has 0 radical (unpaired) electrons. The van der Waals surface area contributed by atoms with Crippen molar-refractivity contribution in [1.29, 1.82) is 0 Å². The first-order chi connectivity index (χ1) is 26.9. The molecule has 2 N–H and O–H groups in total. The fourth-order valence-electron chi connectivity index (χ4n) is 11.8. The Hall–Kier alpha value is -4.29. The number of nitrogens with one attached hydrogen (secondary N) is 1. The van der Waals surface area contributed by atoms with Crippen LogP contribution < -0.4 is 5.32 Å². The Morgan fingerprint density at radius 1 is 1.09 bits per heavy atom. The van der Waals surface area contributed by atoms with Gasteiger partial charge in [-0.2, -0.15) is 0 Å². The first kappa shape index (κ1) is 38.2. The van der Waals surface area contributed by atoms with Gasteiger partial charge in [-0.05, 0) is 106 Å². The molecule has 12 heteroatoms. The van der Waals surface area contributed by atoms with Crippen LogP contribution in [0.1, 0.15) is 82.1 Å². The number of aliphatic hydroxyl groups excluding tert-OH is 1. The molecule has 9 rings (SSSR count). The number of pyridine rings is 1. The van der Waals surface area contributed by atoms with E-state index < -0.39 is 70.3 Å². The van der Waals surface area contributed by atoms with Crippen LogP contribution in [0.5, 0.6) is 0 Å². The van der Waals surface area contributed by atoms with Gasteiger partial charge in [-0.25, -0.2) is 9.18 Å². The number of ether oxygens (including phenoxy) is 3. The summed E-state index contributed by atoms with van der Waals surface area (Å²) in [5.41, 5.74) is -3.62. The van der Waals surface area contributed by atoms with E-state index in [-0.39, 0.29) is 41.4 Å². The standard InChI is InChI=1S/C45H46ClFN2O8/c1-23-37(38(23)39(53)49-28-11-9-26-20-48-21-33(46)30(26)17-28)24-7-6-8-25(15-24)40(54)55-22-35(52)45-36(56-41(2,3)57-45)18-32-31-12-10-27-16-29(50)13-14-42(27,4)44(31,47)34(51)19-43(32,45)5/h6-9,11,13-17,20-21,23,31-32,34,36-38,51H,10,12,18-19,22H2,1-5H3,(H,49,53). The highest BCUT2D eigenvalue weighted by molar-refractivity contribution is 6.35. The van der Waals surface area contributed by atoms with Crippen molar-refractivity contribution in [2.24, 2.45) is 34.5 Å². The number of halogens is 2. The molecule has 5 fully saturated rings. The fourth-order valence-corrected chi connectivity index (χ4v) is 12.0. The van der Waals surface area contributed by atoms with Crippen molar-refractivity contribution in [2.45, 2.75) is 95.5 Å². The maximum absolute atomic E-state index is 17.8. The molecule has 10 nitrogen and oxygen atoms in total. The van der Waals surface area contributed by atoms with E-state index in [0.717, 1.165) is 16.3 Å². The molecule has 1 aliphatic heterocycles. The van der Waals surface area contributed by atoms with Gasteiger partial charge >= 0.3 is 5.97 Å². The third-order valence-corrected chi connectivity index (χ3v) is 14.9. The molecular formula is C45H46ClFN2O8. The molecule has 1 saturated heterocycles. The second kappa shape index (κ2) is 12.9. The third kappa shape index (κ3) is 5.48. The molecule has 298 valence electrons. The molecule has 11 unspecified atom stereocenters. The maximum atomic E-state index is 17.8. The predicted molar refractivity (Wildman–Crippen MR) is 209 cm³/mol. The number of benzene rings is 2. The minimum Gasteiger partial charge on any atom is -0.454 e. The van der Waals surface area contributed by atoms with Gasteiger partial charge in [-0.1, -0.05) is 55.3 Å². The first-order valence-corrected chi connectivity index (χ1v) is 20.1. The number of hydrogen-bond acceptors (Lipinski definition) is 9. The van der Waals surface area contributed by atoms with E-state index in [2.05, 4.69) is 10.3 Å². The van der Waals surface area contributed by atoms with E-state index in [4.69, 9.17) is 25.8 Å². The number of carbonyl (C=O) groups excluding carboxylic acids is 4. The quantitative estimate of drug-likeness (QED) is 0.233. The van der Waals surface area contributed by atoms with E-state index in [9.17, 15) is 24.3 Å². The van der Waals surface area contributed by atoms with Gasteiger partial charge in [0.05, 0.1) is 22.8 Å². The Kier molecular flexibility index (Phi) is 8.62. The molecule has 1 aromatic heterocycles. The Bertz CT molecular complexity index is 2330. The molecular weight excluding hydrogens is 751 g/mol. The van der Waals surface area contributed by atoms with Crippen molar-refractivity contribution < 1.29 is 42.9 Å². The van der Waals surface area contributed by atoms with E-state index in [1.165, 1.54) is 12.2 Å². The summed E-state index contributed by atoms with van der Waals surface area (Å²) in [6.45, 7) is 8.44. The van der Waals surface area contributed by atoms with Crippen molar-refractivity contribution in [1.82, 2.24) is 4.98 Å². The molecule has 4 saturated carbocycles. The summed E-state index contributed by atoms with van der Waals surface area (Å²) in [7, 11) is 0. The second-order valence-corrected chi connectivity index (χ2v) is 18.3. The zero-order valence-electron chi connectivity index (χ0n) is 32.5. The van der Waals surface area contributed by atoms with Crippen molar-refractivity contribution in [3.05, 3.63) is 94.8 Å². The minimum atomic E-state index is -2.09. The molecule has 5 aliphatic carbocycles. The highest BCUT2D eigenvalue weighted by Crippen LogP contribution is 2.72. The number of esters is 1. The number of fused-ring (bicyclic) bond motifs is 8. The van der Waals surface area contributed by atoms with Gasteiger partial charge in [0.25, 0.3) is 0 Å². The number of carbonyl (C=O) groups is 4. The lowest BCUT2D eigenvalue weighted by molar-refractivity contribution is -0.246. The number of aromatic nitrogens is 1. The number of anilines is 1. The number of aliphatic hydroxyl groups is 1. The summed E-state index contributed by atoms with van der Waals surface area (Å²) >= 11 is 6.33. The third-order valence-electron chi connectivity index (χ3n) is 14.6. The normalized spacial score (nSPS) is 38.4. The number of rotatable bonds is 7. The molecule has 3 aromatic rings. The number of amides is 1. The average Bonchev–Trinajstić information content (AvgIpc) is 3.68. The molecule has 6 aliphatic rings. The number of allylic oxidation sites excluding steroid dienone is 4. The smallest absolute Gasteiger partial charge is 0.338 e. The van der Waals surface area contributed by atoms with Gasteiger partial charge in [0.2, 0.25) is 11.7 Å². The molecule has 2 aromatic carbocycles. The monoisotopic (exact) mass is 796 g/mol. The van der Waals surface area contributed by atoms with Crippen molar-refractivity contribution in [2.75, 3.05) is 11.9 Å². The predicted octanol–water partition coefficient (Wildman–Crippen LogP) is 7.47. The van der Waals surface area contributed by atoms with Crippen LogP contribution in [0.4, 0.5) is 10.1 Å². The summed E-state index contributed by atoms with van der Waals surface area (Å²) in [6, 6.07) is 12.4. The van der Waals surface area contributed by atoms with Crippen LogP contribution in [0.3, 0.4) is 0 Å². The van der Waals surface area contributed by atoms with Gasteiger partial charge in [0.1, 0.15) is 0 Å². The molecule has 0 bridgehead atoms. The highest BCUT2D eigenvalue weighted by atomic mass is 35.5. The molecule has 1 amide bonds. The number of ketones is 2. The summed E-state index contributed by atoms with van der Waals surface area (Å²) < 4.78 is 36.5. The molecule has 0 spiro atoms. The SMILES string of the molecule is CC1C(C(=O)Nc2ccc3cncc(Cl)c3c2)C1c1cccc(C(=O)OCC(=O)C23OC(C)(C)OC2CC2C4CCC5=CC(=O)C=CC5(C)C4(F)C(O)CC23C)c1. The zero-order valence-corrected chi connectivity index (χ0v) is 33.3. The molecule has 57 heavy (non-hydrogen) atoms. The lowest BCUT2D eigenvalue weighted by Crippen LogP contribution is -2.70. The van der Waals surface area contributed by atoms with E-state index >= 15 is 4.39 Å². The van der Waals surface area contributed by atoms with Gasteiger partial charge in [0.15, 0.2) is 29.4 Å². The summed E-state index contributed by atoms with van der Waals surface area (Å²) in [4.78, 5) is 58.0. The number of hydrogen-bond donors (Lipinski definition) is 2. The topological polar surface area (TPSA) is 141 Å². The molecule has 2 heterocycles. The van der Waals surface area contributed by atoms with E-state index in [0.29, 0.717) is 35.5 Å². The Labute approximate surface area is 335 Å². The first-order valence-electron chi connectivity index (χ1n) is 19.8. The Morgan fingerprint density at radius 3 is 2.67 bits per heavy atom. The fraction of sp³-hybridized carbons (Fsp3) is 0.489. The van der Waals surface area contributed by atoms with E-state index in [1.807, 2.05) is 38.1 Å². The van der Waals surface area contributed by atoms with E-state index in [1.54, 1.807) is 57.4 Å². The average molecular weight is 797 g/mol. The van der Waals surface area contributed by atoms with Crippen molar-refractivity contribution in [3.63, 3.8) is 0 Å². The number of nitrogens with zero attached hydrogens (tertiary/aromatic N) is 1. The maximum Gasteiger partial charge on any atom is 0.338 e. The van der Waals surface area contributed by atoms with Crippen molar-refractivity contribution >= 4 is 51.5 Å². The van der Waals surface area contributed by atoms with Crippen LogP contribution in [0.2, 0.25) is 5.02 Å². The van der Waals surface area contributed by atoms with Crippen LogP contribution in [0.25, 0.3) is 10.8 Å². The van der Waals surface area contributed by atoms with Crippen LogP contribution in [0.15, 0.2) is 78.7 Å². The zero-order chi connectivity index (χ0) is 40.4. The minimum absolute atomic E-state index is 0.0148. The van der Waals surface area contributed by atoms with Crippen molar-refractivity contribution in [3.8, 4) is 0 Å². The Balaban J connectivity index is 0.916. The number of Topliss-reactive ketones (excluding diaryl/α,β-unsaturated/α-hetero) is 1. The largest absolute Gasteiger partial charge is 0.454 e. The lowest BCUT2D eigenvalue weighted by atomic mass is 9.44. The summed E-state index contributed by atoms with van der Waals surface area (Å²) in [5, 5.41) is 17.0. The van der Waals surface area contributed by atoms with Gasteiger partial charge < -0.3 is 24.6 Å². The highest BCUT2D eigenvalue weighted by Gasteiger charge is 2.80. The van der Waals surface area contributed by atoms with Gasteiger partial charge in [-0.15, -0.1) is 0 Å². The summed E-state index contributed by atoms with van der Waals surface area (Å²) in [5.74, 6) is -4.21. The lowest BCUT2D eigenvalue weighted by Gasteiger charge is -2.62. The molecule has 11 atom stereocenters. The van der Waals surface area contributed by atoms with Gasteiger partial charge in [0, 0.05) is 51.5 Å². The number of alkyl halides is 1. The Morgan fingerprint density at radius 2 is 1.88 bits per heavy atom.